The van der Waals surface area contributed by atoms with Gasteiger partial charge in [0.05, 0.1) is 11.5 Å². The maximum Gasteiger partial charge on any atom is 0.273 e. The van der Waals surface area contributed by atoms with Crippen molar-refractivity contribution in [1.29, 1.82) is 0 Å². The van der Waals surface area contributed by atoms with Crippen LogP contribution in [0.15, 0.2) is 60.7 Å². The number of nitro benzene ring substituents is 1. The highest BCUT2D eigenvalue weighted by Crippen LogP contribution is 2.22. The van der Waals surface area contributed by atoms with Gasteiger partial charge in [0, 0.05) is 40.0 Å². The van der Waals surface area contributed by atoms with Gasteiger partial charge in [-0.25, -0.2) is 0 Å². The molecule has 1 heterocycles. The molecule has 0 spiro atoms. The minimum absolute atomic E-state index is 0.0856. The lowest BCUT2D eigenvalue weighted by atomic mass is 10.1. The number of aryl methyl sites for hydroxylation is 2. The molecule has 0 aliphatic heterocycles. The highest BCUT2D eigenvalue weighted by atomic mass is 32.1. The van der Waals surface area contributed by atoms with Crippen molar-refractivity contribution >= 4 is 28.8 Å². The van der Waals surface area contributed by atoms with E-state index < -0.39 is 4.92 Å². The number of hydrogen-bond acceptors (Lipinski definition) is 5. The van der Waals surface area contributed by atoms with Crippen LogP contribution in [0, 0.1) is 24.0 Å². The van der Waals surface area contributed by atoms with Crippen LogP contribution in [0.5, 0.6) is 0 Å². The van der Waals surface area contributed by atoms with Gasteiger partial charge in [0.15, 0.2) is 0 Å². The van der Waals surface area contributed by atoms with E-state index in [1.165, 1.54) is 15.8 Å². The van der Waals surface area contributed by atoms with Crippen LogP contribution in [0.2, 0.25) is 0 Å². The van der Waals surface area contributed by atoms with Crippen LogP contribution in [-0.4, -0.2) is 39.6 Å². The molecule has 1 aromatic heterocycles. The van der Waals surface area contributed by atoms with Gasteiger partial charge >= 0.3 is 0 Å². The van der Waals surface area contributed by atoms with Crippen molar-refractivity contribution < 1.29 is 14.5 Å². The highest BCUT2D eigenvalue weighted by Gasteiger charge is 2.24. The fourth-order valence-electron chi connectivity index (χ4n) is 3.78. The number of benzene rings is 2. The van der Waals surface area contributed by atoms with Gasteiger partial charge in [0.1, 0.15) is 6.54 Å². The first-order valence-electron chi connectivity index (χ1n) is 11.7. The van der Waals surface area contributed by atoms with Gasteiger partial charge in [-0.1, -0.05) is 49.7 Å². The van der Waals surface area contributed by atoms with Gasteiger partial charge < -0.3 is 9.80 Å². The van der Waals surface area contributed by atoms with E-state index in [4.69, 9.17) is 0 Å². The molecule has 3 rings (SSSR count). The molecule has 0 unspecified atom stereocenters. The molecule has 0 aliphatic carbocycles. The molecule has 2 aromatic carbocycles. The molecule has 8 heteroatoms. The second-order valence-electron chi connectivity index (χ2n) is 8.59. The van der Waals surface area contributed by atoms with Crippen LogP contribution in [-0.2, 0) is 17.9 Å². The molecular weight excluding hydrogens is 462 g/mol. The molecule has 7 nitrogen and oxygen atoms in total. The lowest BCUT2D eigenvalue weighted by Crippen LogP contribution is -2.42. The molecule has 35 heavy (non-hydrogen) atoms. The molecule has 0 aliphatic rings. The molecule has 0 fully saturated rings. The highest BCUT2D eigenvalue weighted by molar-refractivity contribution is 7.11. The topological polar surface area (TPSA) is 83.8 Å². The van der Waals surface area contributed by atoms with Crippen molar-refractivity contribution in [3.63, 3.8) is 0 Å². The van der Waals surface area contributed by atoms with Gasteiger partial charge in [-0.05, 0) is 44.0 Å². The van der Waals surface area contributed by atoms with E-state index in [0.29, 0.717) is 25.2 Å². The average Bonchev–Trinajstić information content (AvgIpc) is 3.26. The monoisotopic (exact) mass is 493 g/mol. The minimum Gasteiger partial charge on any atom is -0.332 e. The van der Waals surface area contributed by atoms with Crippen LogP contribution >= 0.6 is 11.3 Å². The Morgan fingerprint density at radius 1 is 0.971 bits per heavy atom. The molecule has 184 valence electrons. The summed E-state index contributed by atoms with van der Waals surface area (Å²) in [5.74, 6) is -0.535. The lowest BCUT2D eigenvalue weighted by molar-refractivity contribution is -0.385. The maximum atomic E-state index is 13.5. The van der Waals surface area contributed by atoms with Gasteiger partial charge in [0.2, 0.25) is 5.91 Å². The molecule has 0 atom stereocenters. The Bertz CT molecular complexity index is 1180. The second-order valence-corrected chi connectivity index (χ2v) is 9.96. The zero-order valence-corrected chi connectivity index (χ0v) is 21.2. The standard InChI is InChI=1S/C27H31N3O4S/c1-4-5-15-28(27(32)23-13-11-20(2)25(16-23)30(33)34)19-26(31)29(17-22-9-7-6-8-10-22)18-24-14-12-21(3)35-24/h6-14,16H,4-5,15,17-19H2,1-3H3. The summed E-state index contributed by atoms with van der Waals surface area (Å²) >= 11 is 1.65. The van der Waals surface area contributed by atoms with E-state index in [9.17, 15) is 19.7 Å². The summed E-state index contributed by atoms with van der Waals surface area (Å²) in [4.78, 5) is 43.3. The van der Waals surface area contributed by atoms with Gasteiger partial charge in [-0.15, -0.1) is 11.3 Å². The summed E-state index contributed by atoms with van der Waals surface area (Å²) < 4.78 is 0. The quantitative estimate of drug-likeness (QED) is 0.252. The molecule has 0 saturated carbocycles. The van der Waals surface area contributed by atoms with Gasteiger partial charge in [-0.3, -0.25) is 19.7 Å². The van der Waals surface area contributed by atoms with Crippen LogP contribution in [0.3, 0.4) is 0 Å². The predicted octanol–water partition coefficient (Wildman–Crippen LogP) is 5.74. The second kappa shape index (κ2) is 12.3. The van der Waals surface area contributed by atoms with Crippen molar-refractivity contribution in [3.05, 3.63) is 97.2 Å². The molecule has 2 amide bonds. The largest absolute Gasteiger partial charge is 0.332 e. The minimum atomic E-state index is -0.488. The smallest absolute Gasteiger partial charge is 0.273 e. The number of nitro groups is 1. The van der Waals surface area contributed by atoms with Crippen molar-refractivity contribution in [2.24, 2.45) is 0 Å². The zero-order valence-electron chi connectivity index (χ0n) is 20.4. The summed E-state index contributed by atoms with van der Waals surface area (Å²) in [6.45, 7) is 6.89. The van der Waals surface area contributed by atoms with E-state index >= 15 is 0 Å². The van der Waals surface area contributed by atoms with E-state index in [2.05, 4.69) is 0 Å². The van der Waals surface area contributed by atoms with Crippen molar-refractivity contribution in [1.82, 2.24) is 9.80 Å². The van der Waals surface area contributed by atoms with E-state index in [1.54, 1.807) is 35.3 Å². The third-order valence-corrected chi connectivity index (χ3v) is 6.74. The summed E-state index contributed by atoms with van der Waals surface area (Å²) in [7, 11) is 0. The summed E-state index contributed by atoms with van der Waals surface area (Å²) in [5.41, 5.74) is 1.61. The number of nitrogens with zero attached hydrogens (tertiary/aromatic N) is 3. The third kappa shape index (κ3) is 7.23. The molecule has 0 saturated heterocycles. The van der Waals surface area contributed by atoms with E-state index in [-0.39, 0.29) is 29.6 Å². The number of rotatable bonds is 11. The molecule has 3 aromatic rings. The number of carbonyl (C=O) groups excluding carboxylic acids is 2. The van der Waals surface area contributed by atoms with Crippen LogP contribution in [0.4, 0.5) is 5.69 Å². The molecule has 0 radical (unpaired) electrons. The Morgan fingerprint density at radius 3 is 2.34 bits per heavy atom. The first kappa shape index (κ1) is 26.1. The van der Waals surface area contributed by atoms with Gasteiger partial charge in [0.25, 0.3) is 11.6 Å². The number of unbranched alkanes of at least 4 members (excludes halogenated alkanes) is 1. The van der Waals surface area contributed by atoms with Crippen molar-refractivity contribution in [3.8, 4) is 0 Å². The number of carbonyl (C=O) groups is 2. The van der Waals surface area contributed by atoms with Gasteiger partial charge in [-0.2, -0.15) is 0 Å². The summed E-state index contributed by atoms with van der Waals surface area (Å²) in [6, 6.07) is 18.3. The Morgan fingerprint density at radius 2 is 1.71 bits per heavy atom. The lowest BCUT2D eigenvalue weighted by Gasteiger charge is -2.28. The van der Waals surface area contributed by atoms with Crippen molar-refractivity contribution in [2.45, 2.75) is 46.7 Å². The normalized spacial score (nSPS) is 10.7. The first-order valence-corrected chi connectivity index (χ1v) is 12.5. The number of amides is 2. The SMILES string of the molecule is CCCCN(CC(=O)N(Cc1ccccc1)Cc1ccc(C)s1)C(=O)c1ccc(C)c([N+](=O)[O-])c1. The zero-order chi connectivity index (χ0) is 25.4. The number of hydrogen-bond donors (Lipinski definition) is 0. The fraction of sp³-hybridized carbons (Fsp3) is 0.333. The Labute approximate surface area is 210 Å². The van der Waals surface area contributed by atoms with E-state index in [0.717, 1.165) is 23.3 Å². The Kier molecular flexibility index (Phi) is 9.14. The van der Waals surface area contributed by atoms with Crippen LogP contribution in [0.1, 0.15) is 51.0 Å². The summed E-state index contributed by atoms with van der Waals surface area (Å²) in [5, 5.41) is 11.4. The predicted molar refractivity (Wildman–Crippen MR) is 138 cm³/mol. The van der Waals surface area contributed by atoms with E-state index in [1.807, 2.05) is 56.3 Å². The molecule has 0 N–H and O–H groups in total. The van der Waals surface area contributed by atoms with Crippen LogP contribution < -0.4 is 0 Å². The maximum absolute atomic E-state index is 13.5. The molecule has 0 bridgehead atoms. The van der Waals surface area contributed by atoms with Crippen LogP contribution in [0.25, 0.3) is 0 Å². The first-order chi connectivity index (χ1) is 16.8. The average molecular weight is 494 g/mol. The van der Waals surface area contributed by atoms with Crippen molar-refractivity contribution in [2.75, 3.05) is 13.1 Å². The third-order valence-electron chi connectivity index (χ3n) is 5.76. The molecular formula is C27H31N3O4S. The Balaban J connectivity index is 1.84. The fourth-order valence-corrected chi connectivity index (χ4v) is 4.69. The Hall–Kier alpha value is -3.52. The summed E-state index contributed by atoms with van der Waals surface area (Å²) in [6.07, 6.45) is 1.59. The number of thiophene rings is 1.